The van der Waals surface area contributed by atoms with Gasteiger partial charge in [-0.15, -0.1) is 24.8 Å². The van der Waals surface area contributed by atoms with Crippen molar-refractivity contribution in [1.29, 1.82) is 0 Å². The zero-order valence-electron chi connectivity index (χ0n) is 6.77. The molecular formula is C6H8BrCl2N3O2. The van der Waals surface area contributed by atoms with Gasteiger partial charge < -0.3 is 5.43 Å². The molecule has 8 heteroatoms. The second-order valence-corrected chi connectivity index (χ2v) is 3.02. The van der Waals surface area contributed by atoms with Crippen molar-refractivity contribution in [3.63, 3.8) is 0 Å². The maximum atomic E-state index is 10.3. The average Bonchev–Trinajstić information content (AvgIpc) is 2.03. The van der Waals surface area contributed by atoms with Crippen LogP contribution in [0.25, 0.3) is 0 Å². The zero-order chi connectivity index (χ0) is 9.14. The number of nitro benzene ring substituents is 1. The molecule has 0 atom stereocenters. The molecule has 5 nitrogen and oxygen atoms in total. The molecule has 0 aliphatic heterocycles. The van der Waals surface area contributed by atoms with Crippen molar-refractivity contribution in [2.45, 2.75) is 0 Å². The quantitative estimate of drug-likeness (QED) is 0.500. The summed E-state index contributed by atoms with van der Waals surface area (Å²) in [7, 11) is 0. The molecule has 0 aromatic heterocycles. The van der Waals surface area contributed by atoms with Gasteiger partial charge in [0.25, 0.3) is 5.69 Å². The Hall–Kier alpha value is -0.560. The van der Waals surface area contributed by atoms with Gasteiger partial charge in [0.2, 0.25) is 0 Å². The molecule has 1 aromatic carbocycles. The molecule has 0 fully saturated rings. The highest BCUT2D eigenvalue weighted by molar-refractivity contribution is 9.10. The maximum absolute atomic E-state index is 10.3. The van der Waals surface area contributed by atoms with Crippen LogP contribution < -0.4 is 11.3 Å². The van der Waals surface area contributed by atoms with E-state index in [-0.39, 0.29) is 30.5 Å². The highest BCUT2D eigenvalue weighted by Gasteiger charge is 2.07. The Morgan fingerprint density at radius 3 is 2.36 bits per heavy atom. The van der Waals surface area contributed by atoms with Crippen LogP contribution in [0.2, 0.25) is 0 Å². The number of hydrogen-bond acceptors (Lipinski definition) is 4. The normalized spacial score (nSPS) is 8.14. The summed E-state index contributed by atoms with van der Waals surface area (Å²) in [5.74, 6) is 5.09. The summed E-state index contributed by atoms with van der Waals surface area (Å²) in [6, 6.07) is 4.40. The van der Waals surface area contributed by atoms with E-state index in [0.717, 1.165) is 0 Å². The molecule has 0 aliphatic carbocycles. The lowest BCUT2D eigenvalue weighted by atomic mass is 10.3. The summed E-state index contributed by atoms with van der Waals surface area (Å²) >= 11 is 3.12. The van der Waals surface area contributed by atoms with Gasteiger partial charge in [0.15, 0.2) is 0 Å². The molecule has 0 spiro atoms. The Morgan fingerprint density at radius 1 is 1.36 bits per heavy atom. The fourth-order valence-corrected chi connectivity index (χ4v) is 1.24. The summed E-state index contributed by atoms with van der Waals surface area (Å²) in [5.41, 5.74) is 2.82. The van der Waals surface area contributed by atoms with Gasteiger partial charge in [-0.1, -0.05) is 15.9 Å². The highest BCUT2D eigenvalue weighted by atomic mass is 79.9. The van der Waals surface area contributed by atoms with E-state index < -0.39 is 4.92 Å². The monoisotopic (exact) mass is 303 g/mol. The number of rotatable bonds is 2. The number of hydrazine groups is 1. The van der Waals surface area contributed by atoms with E-state index in [9.17, 15) is 10.1 Å². The summed E-state index contributed by atoms with van der Waals surface area (Å²) in [4.78, 5) is 9.86. The van der Waals surface area contributed by atoms with Crippen LogP contribution in [0.4, 0.5) is 11.4 Å². The molecule has 80 valence electrons. The summed E-state index contributed by atoms with van der Waals surface area (Å²) in [5, 5.41) is 10.3. The first-order chi connectivity index (χ1) is 5.63. The summed E-state index contributed by atoms with van der Waals surface area (Å²) in [6.45, 7) is 0. The molecule has 0 unspecified atom stereocenters. The maximum Gasteiger partial charge on any atom is 0.272 e. The van der Waals surface area contributed by atoms with Crippen LogP contribution in [0.5, 0.6) is 0 Å². The Morgan fingerprint density at radius 2 is 1.93 bits per heavy atom. The fraction of sp³-hybridized carbons (Fsp3) is 0. The Kier molecular flexibility index (Phi) is 7.75. The van der Waals surface area contributed by atoms with Crippen molar-refractivity contribution in [3.8, 4) is 0 Å². The van der Waals surface area contributed by atoms with Crippen LogP contribution >= 0.6 is 40.7 Å². The molecule has 1 aromatic rings. The van der Waals surface area contributed by atoms with Gasteiger partial charge in [-0.3, -0.25) is 16.0 Å². The van der Waals surface area contributed by atoms with E-state index >= 15 is 0 Å². The average molecular weight is 305 g/mol. The lowest BCUT2D eigenvalue weighted by molar-refractivity contribution is -0.384. The zero-order valence-corrected chi connectivity index (χ0v) is 9.99. The van der Waals surface area contributed by atoms with Crippen LogP contribution in [0, 0.1) is 10.1 Å². The number of anilines is 1. The molecule has 0 bridgehead atoms. The number of benzene rings is 1. The van der Waals surface area contributed by atoms with E-state index in [1.165, 1.54) is 12.1 Å². The number of nitrogens with one attached hydrogen (secondary N) is 1. The van der Waals surface area contributed by atoms with E-state index in [4.69, 9.17) is 5.84 Å². The van der Waals surface area contributed by atoms with Gasteiger partial charge in [-0.05, 0) is 6.07 Å². The van der Waals surface area contributed by atoms with Crippen LogP contribution in [0.15, 0.2) is 22.7 Å². The predicted molar refractivity (Wildman–Crippen MR) is 63.1 cm³/mol. The molecule has 1 rings (SSSR count). The van der Waals surface area contributed by atoms with E-state index in [1.54, 1.807) is 6.07 Å². The van der Waals surface area contributed by atoms with Crippen molar-refractivity contribution < 1.29 is 4.92 Å². The third-order valence-electron chi connectivity index (χ3n) is 1.26. The molecule has 0 amide bonds. The lowest BCUT2D eigenvalue weighted by Gasteiger charge is -1.99. The number of nitro groups is 1. The lowest BCUT2D eigenvalue weighted by Crippen LogP contribution is -2.06. The molecule has 0 saturated carbocycles. The summed E-state index contributed by atoms with van der Waals surface area (Å²) < 4.78 is 0.615. The van der Waals surface area contributed by atoms with Crippen molar-refractivity contribution >= 4 is 52.1 Å². The third-order valence-corrected chi connectivity index (χ3v) is 1.72. The van der Waals surface area contributed by atoms with Crippen molar-refractivity contribution in [2.75, 3.05) is 5.43 Å². The van der Waals surface area contributed by atoms with Gasteiger partial charge in [0.1, 0.15) is 0 Å². The first-order valence-electron chi connectivity index (χ1n) is 3.05. The third kappa shape index (κ3) is 4.10. The number of halogens is 3. The minimum absolute atomic E-state index is 0. The number of nitrogens with two attached hydrogens (primary N) is 1. The summed E-state index contributed by atoms with van der Waals surface area (Å²) in [6.07, 6.45) is 0. The van der Waals surface area contributed by atoms with E-state index in [0.29, 0.717) is 10.2 Å². The van der Waals surface area contributed by atoms with Gasteiger partial charge in [0, 0.05) is 16.6 Å². The standard InChI is InChI=1S/C6H6BrN3O2.2ClH/c7-4-1-5(9-8)3-6(2-4)10(11)12;;/h1-3,9H,8H2;2*1H. The van der Waals surface area contributed by atoms with Gasteiger partial charge in [-0.25, -0.2) is 0 Å². The van der Waals surface area contributed by atoms with Crippen molar-refractivity contribution in [3.05, 3.63) is 32.8 Å². The molecule has 3 N–H and O–H groups in total. The van der Waals surface area contributed by atoms with Gasteiger partial charge in [0.05, 0.1) is 10.6 Å². The molecular weight excluding hydrogens is 297 g/mol. The van der Waals surface area contributed by atoms with E-state index in [2.05, 4.69) is 21.4 Å². The Labute approximate surface area is 101 Å². The van der Waals surface area contributed by atoms with Gasteiger partial charge >= 0.3 is 0 Å². The minimum atomic E-state index is -0.481. The molecule has 0 radical (unpaired) electrons. The number of hydrogen-bond donors (Lipinski definition) is 2. The Balaban J connectivity index is 0. The predicted octanol–water partition coefficient (Wildman–Crippen LogP) is 2.49. The van der Waals surface area contributed by atoms with Gasteiger partial charge in [-0.2, -0.15) is 0 Å². The first kappa shape index (κ1) is 15.9. The fourth-order valence-electron chi connectivity index (χ4n) is 0.763. The second kappa shape index (κ2) is 6.83. The smallest absolute Gasteiger partial charge is 0.272 e. The number of non-ortho nitro benzene ring substituents is 1. The highest BCUT2D eigenvalue weighted by Crippen LogP contribution is 2.23. The number of nitrogens with zero attached hydrogens (tertiary/aromatic N) is 1. The SMILES string of the molecule is Cl.Cl.NNc1cc(Br)cc([N+](=O)[O-])c1. The van der Waals surface area contributed by atoms with Crippen molar-refractivity contribution in [2.24, 2.45) is 5.84 Å². The van der Waals surface area contributed by atoms with Crippen molar-refractivity contribution in [1.82, 2.24) is 0 Å². The van der Waals surface area contributed by atoms with Crippen LogP contribution in [0.3, 0.4) is 0 Å². The van der Waals surface area contributed by atoms with Crippen LogP contribution in [0.1, 0.15) is 0 Å². The number of nitrogen functional groups attached to an aromatic ring is 1. The second-order valence-electron chi connectivity index (χ2n) is 2.10. The first-order valence-corrected chi connectivity index (χ1v) is 3.84. The van der Waals surface area contributed by atoms with Crippen LogP contribution in [-0.4, -0.2) is 4.92 Å². The largest absolute Gasteiger partial charge is 0.324 e. The molecule has 14 heavy (non-hydrogen) atoms. The van der Waals surface area contributed by atoms with Crippen LogP contribution in [-0.2, 0) is 0 Å². The minimum Gasteiger partial charge on any atom is -0.324 e. The van der Waals surface area contributed by atoms with E-state index in [1.807, 2.05) is 0 Å². The Bertz CT molecular complexity index is 324. The molecule has 0 heterocycles. The topological polar surface area (TPSA) is 81.2 Å². The molecule has 0 aliphatic rings. The molecule has 0 saturated heterocycles.